The number of unbranched alkanes of at least 4 members (excludes halogenated alkanes) is 1. The molecule has 0 aromatic carbocycles. The quantitative estimate of drug-likeness (QED) is 0.660. The molecule has 0 amide bonds. The zero-order valence-electron chi connectivity index (χ0n) is 15.6. The maximum atomic E-state index is 12.3. The third-order valence-corrected chi connectivity index (χ3v) is 4.14. The number of ether oxygens (including phenoxy) is 1. The summed E-state index contributed by atoms with van der Waals surface area (Å²) in [6.45, 7) is 11.9. The Kier molecular flexibility index (Phi) is 7.18. The molecule has 2 rings (SSSR count). The van der Waals surface area contributed by atoms with Crippen LogP contribution in [0.1, 0.15) is 49.7 Å². The topological polar surface area (TPSA) is 80.5 Å². The van der Waals surface area contributed by atoms with Gasteiger partial charge in [-0.1, -0.05) is 20.3 Å². The van der Waals surface area contributed by atoms with Crippen molar-refractivity contribution in [2.75, 3.05) is 38.1 Å². The first-order valence-corrected chi connectivity index (χ1v) is 8.99. The highest BCUT2D eigenvalue weighted by Crippen LogP contribution is 2.29. The number of esters is 1. The number of rotatable bonds is 10. The van der Waals surface area contributed by atoms with Crippen molar-refractivity contribution in [2.45, 2.75) is 40.5 Å². The lowest BCUT2D eigenvalue weighted by Gasteiger charge is -2.20. The van der Waals surface area contributed by atoms with E-state index in [1.807, 2.05) is 0 Å². The lowest BCUT2D eigenvalue weighted by atomic mass is 10.2. The van der Waals surface area contributed by atoms with Gasteiger partial charge in [-0.05, 0) is 33.4 Å². The first-order valence-electron chi connectivity index (χ1n) is 8.99. The number of nitrogens with one attached hydrogen (secondary N) is 1. The van der Waals surface area contributed by atoms with Gasteiger partial charge in [-0.15, -0.1) is 0 Å². The predicted molar refractivity (Wildman–Crippen MR) is 98.0 cm³/mol. The molecular formula is C18H28N4O3. The number of furan rings is 1. The second-order valence-electron chi connectivity index (χ2n) is 5.87. The van der Waals surface area contributed by atoms with Gasteiger partial charge in [-0.3, -0.25) is 0 Å². The van der Waals surface area contributed by atoms with Gasteiger partial charge in [-0.25, -0.2) is 14.8 Å². The Morgan fingerprint density at radius 3 is 2.76 bits per heavy atom. The van der Waals surface area contributed by atoms with E-state index in [9.17, 15) is 4.79 Å². The smallest absolute Gasteiger partial charge is 0.342 e. The molecule has 0 radical (unpaired) electrons. The van der Waals surface area contributed by atoms with Gasteiger partial charge in [0.05, 0.1) is 12.0 Å². The number of hydrogen-bond acceptors (Lipinski definition) is 7. The van der Waals surface area contributed by atoms with Crippen molar-refractivity contribution in [3.8, 4) is 0 Å². The molecule has 0 saturated heterocycles. The molecule has 1 N–H and O–H groups in total. The lowest BCUT2D eigenvalue weighted by Crippen LogP contribution is -2.30. The molecule has 25 heavy (non-hydrogen) atoms. The number of carbonyl (C=O) groups excluding carboxylic acids is 1. The SMILES string of the molecule is CCCCN(CC)CCNc1ncnc2oc(C)c(C(=O)OCC)c12. The van der Waals surface area contributed by atoms with Gasteiger partial charge < -0.3 is 19.4 Å². The van der Waals surface area contributed by atoms with Crippen LogP contribution in [0, 0.1) is 6.92 Å². The fourth-order valence-electron chi connectivity index (χ4n) is 2.77. The number of fused-ring (bicyclic) bond motifs is 1. The molecule has 0 aliphatic carbocycles. The van der Waals surface area contributed by atoms with Gasteiger partial charge in [-0.2, -0.15) is 0 Å². The molecule has 0 bridgehead atoms. The summed E-state index contributed by atoms with van der Waals surface area (Å²) in [7, 11) is 0. The van der Waals surface area contributed by atoms with Gasteiger partial charge in [0.1, 0.15) is 23.5 Å². The van der Waals surface area contributed by atoms with Gasteiger partial charge in [0.2, 0.25) is 5.71 Å². The summed E-state index contributed by atoms with van der Waals surface area (Å²) < 4.78 is 10.8. The van der Waals surface area contributed by atoms with E-state index in [1.165, 1.54) is 19.2 Å². The Labute approximate surface area is 148 Å². The van der Waals surface area contributed by atoms with Crippen LogP contribution in [0.15, 0.2) is 10.7 Å². The van der Waals surface area contributed by atoms with Crippen molar-refractivity contribution in [1.29, 1.82) is 0 Å². The maximum absolute atomic E-state index is 12.3. The van der Waals surface area contributed by atoms with Gasteiger partial charge in [0, 0.05) is 13.1 Å². The number of anilines is 1. The maximum Gasteiger partial charge on any atom is 0.342 e. The average molecular weight is 348 g/mol. The number of aryl methyl sites for hydroxylation is 1. The summed E-state index contributed by atoms with van der Waals surface area (Å²) in [4.78, 5) is 23.1. The van der Waals surface area contributed by atoms with E-state index in [-0.39, 0.29) is 0 Å². The van der Waals surface area contributed by atoms with Crippen molar-refractivity contribution < 1.29 is 13.9 Å². The number of carbonyl (C=O) groups is 1. The van der Waals surface area contributed by atoms with Crippen molar-refractivity contribution >= 4 is 22.9 Å². The monoisotopic (exact) mass is 348 g/mol. The molecule has 0 spiro atoms. The molecule has 138 valence electrons. The van der Waals surface area contributed by atoms with E-state index >= 15 is 0 Å². The van der Waals surface area contributed by atoms with E-state index in [0.29, 0.717) is 34.8 Å². The molecule has 2 heterocycles. The van der Waals surface area contributed by atoms with E-state index in [4.69, 9.17) is 9.15 Å². The van der Waals surface area contributed by atoms with Gasteiger partial charge in [0.15, 0.2) is 0 Å². The largest absolute Gasteiger partial charge is 0.462 e. The van der Waals surface area contributed by atoms with E-state index < -0.39 is 5.97 Å². The Balaban J connectivity index is 2.16. The van der Waals surface area contributed by atoms with E-state index in [1.54, 1.807) is 13.8 Å². The summed E-state index contributed by atoms with van der Waals surface area (Å²) in [6, 6.07) is 0. The third kappa shape index (κ3) is 4.69. The Hall–Kier alpha value is -2.15. The molecule has 2 aromatic rings. The highest BCUT2D eigenvalue weighted by Gasteiger charge is 2.23. The van der Waals surface area contributed by atoms with Gasteiger partial charge in [0.25, 0.3) is 0 Å². The van der Waals surface area contributed by atoms with Crippen molar-refractivity contribution in [1.82, 2.24) is 14.9 Å². The number of aromatic nitrogens is 2. The van der Waals surface area contributed by atoms with Crippen LogP contribution < -0.4 is 5.32 Å². The molecule has 0 atom stereocenters. The Bertz CT molecular complexity index is 699. The van der Waals surface area contributed by atoms with Gasteiger partial charge >= 0.3 is 5.97 Å². The number of hydrogen-bond donors (Lipinski definition) is 1. The van der Waals surface area contributed by atoms with Crippen LogP contribution in [0.5, 0.6) is 0 Å². The van der Waals surface area contributed by atoms with E-state index in [2.05, 4.69) is 34.0 Å². The number of likely N-dealkylation sites (N-methyl/N-ethyl adjacent to an activating group) is 1. The molecule has 2 aromatic heterocycles. The highest BCUT2D eigenvalue weighted by atomic mass is 16.5. The fraction of sp³-hybridized carbons (Fsp3) is 0.611. The van der Waals surface area contributed by atoms with Crippen molar-refractivity contribution in [3.05, 3.63) is 17.7 Å². The zero-order valence-corrected chi connectivity index (χ0v) is 15.6. The van der Waals surface area contributed by atoms with Crippen LogP contribution in [0.4, 0.5) is 5.82 Å². The summed E-state index contributed by atoms with van der Waals surface area (Å²) in [5.74, 6) is 0.696. The molecule has 0 saturated carbocycles. The van der Waals surface area contributed by atoms with E-state index in [0.717, 1.165) is 26.2 Å². The predicted octanol–water partition coefficient (Wildman–Crippen LogP) is 3.24. The normalized spacial score (nSPS) is 11.2. The second-order valence-corrected chi connectivity index (χ2v) is 5.87. The first kappa shape index (κ1) is 19.2. The molecule has 7 nitrogen and oxygen atoms in total. The summed E-state index contributed by atoms with van der Waals surface area (Å²) in [6.07, 6.45) is 3.82. The fourth-order valence-corrected chi connectivity index (χ4v) is 2.77. The minimum absolute atomic E-state index is 0.310. The summed E-state index contributed by atoms with van der Waals surface area (Å²) in [5, 5.41) is 3.91. The highest BCUT2D eigenvalue weighted by molar-refractivity contribution is 6.07. The van der Waals surface area contributed by atoms with Crippen LogP contribution in [-0.4, -0.2) is 53.6 Å². The van der Waals surface area contributed by atoms with Crippen LogP contribution in [-0.2, 0) is 4.74 Å². The number of nitrogens with zero attached hydrogens (tertiary/aromatic N) is 3. The average Bonchev–Trinajstić information content (AvgIpc) is 2.94. The van der Waals surface area contributed by atoms with Crippen LogP contribution in [0.25, 0.3) is 11.1 Å². The third-order valence-electron chi connectivity index (χ3n) is 4.14. The lowest BCUT2D eigenvalue weighted by molar-refractivity contribution is 0.0526. The summed E-state index contributed by atoms with van der Waals surface area (Å²) in [5.41, 5.74) is 0.801. The summed E-state index contributed by atoms with van der Waals surface area (Å²) >= 11 is 0. The van der Waals surface area contributed by atoms with Crippen molar-refractivity contribution in [3.63, 3.8) is 0 Å². The minimum Gasteiger partial charge on any atom is -0.462 e. The van der Waals surface area contributed by atoms with Crippen LogP contribution >= 0.6 is 0 Å². The molecule has 0 unspecified atom stereocenters. The van der Waals surface area contributed by atoms with Crippen LogP contribution in [0.3, 0.4) is 0 Å². The zero-order chi connectivity index (χ0) is 18.2. The molecular weight excluding hydrogens is 320 g/mol. The van der Waals surface area contributed by atoms with Crippen molar-refractivity contribution in [2.24, 2.45) is 0 Å². The Morgan fingerprint density at radius 2 is 2.08 bits per heavy atom. The molecule has 0 aliphatic heterocycles. The Morgan fingerprint density at radius 1 is 1.28 bits per heavy atom. The second kappa shape index (κ2) is 9.36. The first-order chi connectivity index (χ1) is 12.1. The molecule has 0 fully saturated rings. The molecule has 7 heteroatoms. The standard InChI is InChI=1S/C18H28N4O3/c1-5-8-10-22(6-2)11-9-19-16-15-14(18(23)24-7-3)13(4)25-17(15)21-12-20-16/h12H,5-11H2,1-4H3,(H,19,20,21). The van der Waals surface area contributed by atoms with Crippen LogP contribution in [0.2, 0.25) is 0 Å². The minimum atomic E-state index is -0.408. The molecule has 0 aliphatic rings.